The molecule has 0 amide bonds. The fraction of sp³-hybridized carbons (Fsp3) is 0.318. The lowest BCUT2D eigenvalue weighted by Crippen LogP contribution is -2.31. The first kappa shape index (κ1) is 21.2. The zero-order chi connectivity index (χ0) is 20.8. The number of nitrogens with zero attached hydrogens (tertiary/aromatic N) is 3. The van der Waals surface area contributed by atoms with Crippen LogP contribution < -0.4 is 20.5 Å². The summed E-state index contributed by atoms with van der Waals surface area (Å²) in [4.78, 5) is 15.2. The molecule has 2 aromatic carbocycles. The molecular formula is C22H27BrN4O2. The van der Waals surface area contributed by atoms with Gasteiger partial charge in [0.2, 0.25) is 0 Å². The molecule has 0 unspecified atom stereocenters. The van der Waals surface area contributed by atoms with Gasteiger partial charge in [0.15, 0.2) is 0 Å². The summed E-state index contributed by atoms with van der Waals surface area (Å²) < 4.78 is 9.75. The maximum Gasteiger partial charge on any atom is 0.286 e. The van der Waals surface area contributed by atoms with Gasteiger partial charge in [-0.1, -0.05) is 18.2 Å². The molecule has 0 fully saturated rings. The van der Waals surface area contributed by atoms with Gasteiger partial charge in [-0.25, -0.2) is 4.68 Å². The van der Waals surface area contributed by atoms with Gasteiger partial charge in [-0.05, 0) is 66.3 Å². The molecule has 0 spiro atoms. The normalized spacial score (nSPS) is 10.9. The summed E-state index contributed by atoms with van der Waals surface area (Å²) in [7, 11) is 3.86. The number of hydrogen-bond donors (Lipinski definition) is 1. The summed E-state index contributed by atoms with van der Waals surface area (Å²) in [5.74, 6) is 0.855. The fourth-order valence-corrected chi connectivity index (χ4v) is 3.84. The summed E-state index contributed by atoms with van der Waals surface area (Å²) in [5, 5.41) is 3.21. The average Bonchev–Trinajstić information content (AvgIpc) is 2.95. The van der Waals surface area contributed by atoms with Crippen molar-refractivity contribution in [2.75, 3.05) is 31.6 Å². The highest BCUT2D eigenvalue weighted by Crippen LogP contribution is 2.24. The number of rotatable bonds is 9. The second kappa shape index (κ2) is 9.80. The Morgan fingerprint density at radius 2 is 1.79 bits per heavy atom. The van der Waals surface area contributed by atoms with E-state index in [0.717, 1.165) is 35.9 Å². The van der Waals surface area contributed by atoms with Gasteiger partial charge >= 0.3 is 0 Å². The van der Waals surface area contributed by atoms with Crippen LogP contribution in [0.25, 0.3) is 5.69 Å². The molecule has 1 N–H and O–H groups in total. The van der Waals surface area contributed by atoms with Crippen LogP contribution in [-0.2, 0) is 13.6 Å². The first-order valence-electron chi connectivity index (χ1n) is 9.71. The highest BCUT2D eigenvalue weighted by molar-refractivity contribution is 9.10. The fourth-order valence-electron chi connectivity index (χ4n) is 3.29. The summed E-state index contributed by atoms with van der Waals surface area (Å²) in [6.45, 7) is 4.86. The van der Waals surface area contributed by atoms with Crippen LogP contribution in [0.2, 0.25) is 0 Å². The van der Waals surface area contributed by atoms with Gasteiger partial charge in [0.25, 0.3) is 5.56 Å². The van der Waals surface area contributed by atoms with Crippen molar-refractivity contribution in [2.24, 2.45) is 7.05 Å². The third-order valence-corrected chi connectivity index (χ3v) is 5.61. The van der Waals surface area contributed by atoms with E-state index in [1.807, 2.05) is 68.2 Å². The summed E-state index contributed by atoms with van der Waals surface area (Å²) >= 11 is 3.53. The van der Waals surface area contributed by atoms with Crippen LogP contribution in [0.15, 0.2) is 63.9 Å². The zero-order valence-corrected chi connectivity index (χ0v) is 18.6. The molecule has 0 bridgehead atoms. The molecule has 0 saturated carbocycles. The number of nitrogens with one attached hydrogen (secondary N) is 1. The van der Waals surface area contributed by atoms with E-state index in [0.29, 0.717) is 17.6 Å². The third kappa shape index (κ3) is 4.74. The predicted molar refractivity (Wildman–Crippen MR) is 121 cm³/mol. The minimum Gasteiger partial charge on any atom is -0.494 e. The molecule has 0 aliphatic rings. The molecule has 0 saturated heterocycles. The van der Waals surface area contributed by atoms with Gasteiger partial charge < -0.3 is 15.0 Å². The topological polar surface area (TPSA) is 51.4 Å². The predicted octanol–water partition coefficient (Wildman–Crippen LogP) is 3.56. The number of para-hydroxylation sites is 1. The lowest BCUT2D eigenvalue weighted by atomic mass is 10.2. The Kier molecular flexibility index (Phi) is 7.17. The molecule has 3 rings (SSSR count). The molecule has 29 heavy (non-hydrogen) atoms. The second-order valence-corrected chi connectivity index (χ2v) is 7.48. The molecule has 0 radical (unpaired) electrons. The van der Waals surface area contributed by atoms with E-state index >= 15 is 0 Å². The van der Waals surface area contributed by atoms with Crippen molar-refractivity contribution >= 4 is 21.6 Å². The van der Waals surface area contributed by atoms with Crippen LogP contribution in [-0.4, -0.2) is 36.1 Å². The van der Waals surface area contributed by atoms with Crippen LogP contribution in [0, 0.1) is 0 Å². The van der Waals surface area contributed by atoms with Crippen molar-refractivity contribution in [3.05, 3.63) is 75.1 Å². The van der Waals surface area contributed by atoms with Gasteiger partial charge in [-0.15, -0.1) is 0 Å². The molecule has 1 heterocycles. The van der Waals surface area contributed by atoms with Gasteiger partial charge in [-0.3, -0.25) is 9.48 Å². The lowest BCUT2D eigenvalue weighted by Gasteiger charge is -2.25. The highest BCUT2D eigenvalue weighted by atomic mass is 79.9. The molecule has 6 nitrogen and oxygen atoms in total. The zero-order valence-electron chi connectivity index (χ0n) is 17.1. The van der Waals surface area contributed by atoms with E-state index in [1.54, 1.807) is 4.68 Å². The van der Waals surface area contributed by atoms with Crippen molar-refractivity contribution < 1.29 is 4.74 Å². The molecule has 154 valence electrons. The quantitative estimate of drug-likeness (QED) is 0.532. The number of hydrogen-bond acceptors (Lipinski definition) is 4. The Labute approximate surface area is 179 Å². The monoisotopic (exact) mass is 458 g/mol. The van der Waals surface area contributed by atoms with Crippen molar-refractivity contribution in [1.29, 1.82) is 0 Å². The Bertz CT molecular complexity index is 981. The molecule has 3 aromatic rings. The standard InChI is InChI=1S/C22H27BrN4O2/c1-4-29-19-12-10-17(11-13-19)26(15-14-24-2)16-20-21(23)22(28)27(25(20)3)18-8-6-5-7-9-18/h5-13,24H,4,14-16H2,1-3H3. The van der Waals surface area contributed by atoms with E-state index in [-0.39, 0.29) is 5.56 Å². The minimum atomic E-state index is -0.0611. The van der Waals surface area contributed by atoms with Gasteiger partial charge in [0, 0.05) is 25.8 Å². The Balaban J connectivity index is 1.95. The van der Waals surface area contributed by atoms with Gasteiger partial charge in [0.1, 0.15) is 10.2 Å². The highest BCUT2D eigenvalue weighted by Gasteiger charge is 2.19. The number of ether oxygens (including phenoxy) is 1. The molecule has 0 aliphatic heterocycles. The van der Waals surface area contributed by atoms with Gasteiger partial charge in [0.05, 0.1) is 24.5 Å². The van der Waals surface area contributed by atoms with Crippen molar-refractivity contribution in [1.82, 2.24) is 14.7 Å². The maximum absolute atomic E-state index is 12.9. The van der Waals surface area contributed by atoms with Crippen LogP contribution in [0.3, 0.4) is 0 Å². The largest absolute Gasteiger partial charge is 0.494 e. The Morgan fingerprint density at radius 1 is 1.10 bits per heavy atom. The third-order valence-electron chi connectivity index (χ3n) is 4.81. The van der Waals surface area contributed by atoms with Crippen molar-refractivity contribution in [3.8, 4) is 11.4 Å². The van der Waals surface area contributed by atoms with E-state index < -0.39 is 0 Å². The van der Waals surface area contributed by atoms with Crippen LogP contribution >= 0.6 is 15.9 Å². The number of likely N-dealkylation sites (N-methyl/N-ethyl adjacent to an activating group) is 1. The van der Waals surface area contributed by atoms with Crippen LogP contribution in [0.1, 0.15) is 12.6 Å². The van der Waals surface area contributed by atoms with E-state index in [2.05, 4.69) is 38.3 Å². The number of halogens is 1. The van der Waals surface area contributed by atoms with Crippen LogP contribution in [0.5, 0.6) is 5.75 Å². The SMILES string of the molecule is CCOc1ccc(N(CCNC)Cc2c(Br)c(=O)n(-c3ccccc3)n2C)cc1. The molecular weight excluding hydrogens is 432 g/mol. The number of aromatic nitrogens is 2. The Morgan fingerprint density at radius 3 is 2.41 bits per heavy atom. The van der Waals surface area contributed by atoms with Crippen molar-refractivity contribution in [2.45, 2.75) is 13.5 Å². The average molecular weight is 459 g/mol. The van der Waals surface area contributed by atoms with E-state index in [9.17, 15) is 4.79 Å². The summed E-state index contributed by atoms with van der Waals surface area (Å²) in [6, 6.07) is 17.7. The minimum absolute atomic E-state index is 0.0611. The smallest absolute Gasteiger partial charge is 0.286 e. The molecule has 1 aromatic heterocycles. The van der Waals surface area contributed by atoms with Gasteiger partial charge in [-0.2, -0.15) is 0 Å². The van der Waals surface area contributed by atoms with Crippen molar-refractivity contribution in [3.63, 3.8) is 0 Å². The first-order valence-corrected chi connectivity index (χ1v) is 10.5. The van der Waals surface area contributed by atoms with E-state index in [4.69, 9.17) is 4.74 Å². The Hall–Kier alpha value is -2.51. The molecule has 7 heteroatoms. The van der Waals surface area contributed by atoms with Crippen LogP contribution in [0.4, 0.5) is 5.69 Å². The molecule has 0 aliphatic carbocycles. The summed E-state index contributed by atoms with van der Waals surface area (Å²) in [5.41, 5.74) is 2.78. The second-order valence-electron chi connectivity index (χ2n) is 6.69. The van der Waals surface area contributed by atoms with E-state index in [1.165, 1.54) is 0 Å². The first-order chi connectivity index (χ1) is 14.1. The maximum atomic E-state index is 12.9. The number of anilines is 1. The summed E-state index contributed by atoms with van der Waals surface area (Å²) in [6.07, 6.45) is 0. The molecule has 0 atom stereocenters. The lowest BCUT2D eigenvalue weighted by molar-refractivity contribution is 0.340. The number of benzene rings is 2.